The van der Waals surface area contributed by atoms with E-state index in [0.29, 0.717) is 11.8 Å². The van der Waals surface area contributed by atoms with Crippen molar-refractivity contribution in [2.24, 2.45) is 23.0 Å². The Morgan fingerprint density at radius 1 is 1.15 bits per heavy atom. The third-order valence-corrected chi connectivity index (χ3v) is 6.10. The molecule has 0 spiro atoms. The first-order chi connectivity index (χ1) is 9.49. The summed E-state index contributed by atoms with van der Waals surface area (Å²) in [4.78, 5) is 0. The lowest BCUT2D eigenvalue weighted by Gasteiger charge is -2.49. The molecule has 0 aromatic heterocycles. The van der Waals surface area contributed by atoms with Gasteiger partial charge in [-0.05, 0) is 74.3 Å². The molecule has 2 aliphatic rings. The van der Waals surface area contributed by atoms with E-state index in [4.69, 9.17) is 5.73 Å². The van der Waals surface area contributed by atoms with E-state index in [9.17, 15) is 5.11 Å². The molecular formula is C18H27NO. The molecule has 1 aromatic carbocycles. The fourth-order valence-corrected chi connectivity index (χ4v) is 5.27. The summed E-state index contributed by atoms with van der Waals surface area (Å²) < 4.78 is 0. The minimum atomic E-state index is -0.233. The van der Waals surface area contributed by atoms with E-state index in [2.05, 4.69) is 38.1 Å². The van der Waals surface area contributed by atoms with Gasteiger partial charge >= 0.3 is 0 Å². The van der Waals surface area contributed by atoms with Crippen molar-refractivity contribution < 1.29 is 5.11 Å². The molecule has 1 aromatic rings. The molecule has 20 heavy (non-hydrogen) atoms. The van der Waals surface area contributed by atoms with Crippen molar-refractivity contribution in [3.05, 3.63) is 35.4 Å². The molecule has 0 saturated heterocycles. The first-order valence-electron chi connectivity index (χ1n) is 7.95. The molecule has 2 heteroatoms. The van der Waals surface area contributed by atoms with Crippen molar-refractivity contribution >= 4 is 0 Å². The van der Waals surface area contributed by atoms with Crippen LogP contribution in [0, 0.1) is 17.3 Å². The fourth-order valence-electron chi connectivity index (χ4n) is 5.27. The molecule has 3 rings (SSSR count). The molecule has 2 atom stereocenters. The maximum atomic E-state index is 9.66. The molecule has 110 valence electrons. The van der Waals surface area contributed by atoms with Gasteiger partial charge in [-0.3, -0.25) is 0 Å². The molecule has 2 bridgehead atoms. The SMILES string of the molecule is CC(C)(N)C1(CCO)C2CCC1Cc1ccccc1C2. The maximum absolute atomic E-state index is 9.66. The third kappa shape index (κ3) is 1.93. The zero-order valence-electron chi connectivity index (χ0n) is 12.7. The van der Waals surface area contributed by atoms with Crippen molar-refractivity contribution in [1.29, 1.82) is 0 Å². The second kappa shape index (κ2) is 4.85. The first kappa shape index (κ1) is 14.1. The van der Waals surface area contributed by atoms with Crippen molar-refractivity contribution in [3.63, 3.8) is 0 Å². The standard InChI is InChI=1S/C18H27NO/c1-17(2,19)18(9-10-20)15-7-8-16(18)12-14-6-4-3-5-13(14)11-15/h3-6,15-16,20H,7-12,19H2,1-2H3. The van der Waals surface area contributed by atoms with Gasteiger partial charge in [0, 0.05) is 12.1 Å². The Morgan fingerprint density at radius 3 is 2.05 bits per heavy atom. The van der Waals surface area contributed by atoms with Gasteiger partial charge in [-0.2, -0.15) is 0 Å². The Labute approximate surface area is 122 Å². The van der Waals surface area contributed by atoms with E-state index < -0.39 is 0 Å². The van der Waals surface area contributed by atoms with Gasteiger partial charge in [0.1, 0.15) is 0 Å². The van der Waals surface area contributed by atoms with Gasteiger partial charge in [0.05, 0.1) is 0 Å². The number of hydrogen-bond donors (Lipinski definition) is 2. The van der Waals surface area contributed by atoms with Crippen molar-refractivity contribution in [2.45, 2.75) is 51.5 Å². The highest BCUT2D eigenvalue weighted by Crippen LogP contribution is 2.59. The number of aliphatic hydroxyl groups is 1. The highest BCUT2D eigenvalue weighted by Gasteiger charge is 2.57. The summed E-state index contributed by atoms with van der Waals surface area (Å²) in [6.07, 6.45) is 5.64. The zero-order valence-corrected chi connectivity index (χ0v) is 12.7. The van der Waals surface area contributed by atoms with Crippen molar-refractivity contribution in [3.8, 4) is 0 Å². The van der Waals surface area contributed by atoms with Crippen LogP contribution in [-0.2, 0) is 12.8 Å². The van der Waals surface area contributed by atoms with Crippen LogP contribution < -0.4 is 5.73 Å². The summed E-state index contributed by atoms with van der Waals surface area (Å²) in [5, 5.41) is 9.66. The van der Waals surface area contributed by atoms with Crippen LogP contribution in [0.25, 0.3) is 0 Å². The lowest BCUT2D eigenvalue weighted by Crippen LogP contribution is -2.56. The molecular weight excluding hydrogens is 246 g/mol. The van der Waals surface area contributed by atoms with Crippen LogP contribution in [0.1, 0.15) is 44.2 Å². The molecule has 3 N–H and O–H groups in total. The zero-order chi connectivity index (χ0) is 14.4. The minimum absolute atomic E-state index is 0.0841. The van der Waals surface area contributed by atoms with Crippen molar-refractivity contribution in [2.75, 3.05) is 6.61 Å². The average molecular weight is 273 g/mol. The topological polar surface area (TPSA) is 46.2 Å². The molecule has 0 radical (unpaired) electrons. The molecule has 0 heterocycles. The number of nitrogens with two attached hydrogens (primary N) is 1. The molecule has 0 aliphatic heterocycles. The van der Waals surface area contributed by atoms with Crippen LogP contribution in [0.15, 0.2) is 24.3 Å². The summed E-state index contributed by atoms with van der Waals surface area (Å²) in [6.45, 7) is 4.60. The molecule has 1 fully saturated rings. The van der Waals surface area contributed by atoms with E-state index in [1.165, 1.54) is 24.0 Å². The van der Waals surface area contributed by atoms with E-state index in [0.717, 1.165) is 19.3 Å². The van der Waals surface area contributed by atoms with Crippen LogP contribution in [0.3, 0.4) is 0 Å². The Hall–Kier alpha value is -0.860. The fraction of sp³-hybridized carbons (Fsp3) is 0.667. The number of hydrogen-bond acceptors (Lipinski definition) is 2. The van der Waals surface area contributed by atoms with E-state index >= 15 is 0 Å². The van der Waals surface area contributed by atoms with Gasteiger partial charge in [0.2, 0.25) is 0 Å². The summed E-state index contributed by atoms with van der Waals surface area (Å²) in [5.74, 6) is 1.23. The third-order valence-electron chi connectivity index (χ3n) is 6.10. The summed E-state index contributed by atoms with van der Waals surface area (Å²) >= 11 is 0. The van der Waals surface area contributed by atoms with Gasteiger partial charge in [-0.25, -0.2) is 0 Å². The van der Waals surface area contributed by atoms with E-state index in [1.807, 2.05) is 0 Å². The molecule has 2 aliphatic carbocycles. The second-order valence-corrected chi connectivity index (χ2v) is 7.38. The second-order valence-electron chi connectivity index (χ2n) is 7.38. The Bertz CT molecular complexity index is 455. The molecule has 0 amide bonds. The quantitative estimate of drug-likeness (QED) is 0.889. The summed E-state index contributed by atoms with van der Waals surface area (Å²) in [5.41, 5.74) is 9.51. The average Bonchev–Trinajstić information content (AvgIpc) is 2.63. The van der Waals surface area contributed by atoms with Crippen molar-refractivity contribution in [1.82, 2.24) is 0 Å². The maximum Gasteiger partial charge on any atom is 0.0437 e. The van der Waals surface area contributed by atoms with Crippen LogP contribution in [-0.4, -0.2) is 17.3 Å². The molecule has 1 saturated carbocycles. The van der Waals surface area contributed by atoms with Crippen LogP contribution in [0.4, 0.5) is 0 Å². The largest absolute Gasteiger partial charge is 0.396 e. The van der Waals surface area contributed by atoms with Gasteiger partial charge in [-0.15, -0.1) is 0 Å². The van der Waals surface area contributed by atoms with Gasteiger partial charge in [0.25, 0.3) is 0 Å². The summed E-state index contributed by atoms with van der Waals surface area (Å²) in [7, 11) is 0. The highest BCUT2D eigenvalue weighted by molar-refractivity contribution is 5.32. The lowest BCUT2D eigenvalue weighted by atomic mass is 9.58. The molecule has 2 unspecified atom stereocenters. The van der Waals surface area contributed by atoms with Crippen LogP contribution in [0.5, 0.6) is 0 Å². The number of aliphatic hydroxyl groups excluding tert-OH is 1. The number of rotatable bonds is 3. The van der Waals surface area contributed by atoms with Crippen LogP contribution in [0.2, 0.25) is 0 Å². The predicted molar refractivity (Wildman–Crippen MR) is 82.5 cm³/mol. The normalized spacial score (nSPS) is 32.8. The van der Waals surface area contributed by atoms with E-state index in [-0.39, 0.29) is 17.6 Å². The first-order valence-corrected chi connectivity index (χ1v) is 7.95. The van der Waals surface area contributed by atoms with Gasteiger partial charge in [0.15, 0.2) is 0 Å². The number of fused-ring (bicyclic) bond motifs is 3. The smallest absolute Gasteiger partial charge is 0.0437 e. The predicted octanol–water partition coefficient (Wildman–Crippen LogP) is 2.92. The van der Waals surface area contributed by atoms with Crippen LogP contribution >= 0.6 is 0 Å². The number of benzene rings is 1. The van der Waals surface area contributed by atoms with Gasteiger partial charge < -0.3 is 10.8 Å². The lowest BCUT2D eigenvalue weighted by molar-refractivity contribution is 0.0161. The molecule has 2 nitrogen and oxygen atoms in total. The van der Waals surface area contributed by atoms with Gasteiger partial charge in [-0.1, -0.05) is 24.3 Å². The Morgan fingerprint density at radius 2 is 1.65 bits per heavy atom. The Balaban J connectivity index is 2.07. The minimum Gasteiger partial charge on any atom is -0.396 e. The Kier molecular flexibility index (Phi) is 3.42. The highest BCUT2D eigenvalue weighted by atomic mass is 16.3. The summed E-state index contributed by atoms with van der Waals surface area (Å²) in [6, 6.07) is 8.87. The monoisotopic (exact) mass is 273 g/mol. The van der Waals surface area contributed by atoms with E-state index in [1.54, 1.807) is 0 Å².